The molecule has 1 aromatic heterocycles. The molecule has 0 spiro atoms. The van der Waals surface area contributed by atoms with Crippen LogP contribution in [0.15, 0.2) is 18.3 Å². The smallest absolute Gasteiger partial charge is 0.243 e. The number of halogens is 1. The van der Waals surface area contributed by atoms with Crippen LogP contribution in [-0.4, -0.2) is 42.5 Å². The molecule has 2 heterocycles. The van der Waals surface area contributed by atoms with Crippen LogP contribution in [0.25, 0.3) is 0 Å². The minimum atomic E-state index is -3.36. The van der Waals surface area contributed by atoms with E-state index in [4.69, 9.17) is 11.6 Å². The molecule has 0 saturated carbocycles. The van der Waals surface area contributed by atoms with Crippen LogP contribution in [0, 0.1) is 0 Å². The number of anilines is 1. The summed E-state index contributed by atoms with van der Waals surface area (Å²) in [7, 11) is -3.36. The SMILES string of the molecule is CS(=O)(=O)N1CCCC1C(=O)Nc1ccc(Cl)cn1. The number of rotatable bonds is 3. The van der Waals surface area contributed by atoms with Gasteiger partial charge in [-0.25, -0.2) is 13.4 Å². The van der Waals surface area contributed by atoms with Crippen molar-refractivity contribution in [2.45, 2.75) is 18.9 Å². The van der Waals surface area contributed by atoms with Crippen molar-refractivity contribution in [3.8, 4) is 0 Å². The van der Waals surface area contributed by atoms with Crippen molar-refractivity contribution in [1.82, 2.24) is 9.29 Å². The molecule has 2 rings (SSSR count). The molecule has 0 radical (unpaired) electrons. The van der Waals surface area contributed by atoms with E-state index in [9.17, 15) is 13.2 Å². The number of sulfonamides is 1. The number of pyridine rings is 1. The van der Waals surface area contributed by atoms with Crippen molar-refractivity contribution in [1.29, 1.82) is 0 Å². The van der Waals surface area contributed by atoms with Crippen molar-refractivity contribution in [2.75, 3.05) is 18.1 Å². The van der Waals surface area contributed by atoms with Crippen molar-refractivity contribution < 1.29 is 13.2 Å². The lowest BCUT2D eigenvalue weighted by molar-refractivity contribution is -0.119. The zero-order valence-electron chi connectivity index (χ0n) is 10.3. The Morgan fingerprint density at radius 2 is 2.26 bits per heavy atom. The summed E-state index contributed by atoms with van der Waals surface area (Å²) in [6, 6.07) is 2.51. The lowest BCUT2D eigenvalue weighted by atomic mass is 10.2. The summed E-state index contributed by atoms with van der Waals surface area (Å²) in [4.78, 5) is 16.0. The molecule has 104 valence electrons. The average Bonchev–Trinajstić information content (AvgIpc) is 2.81. The Morgan fingerprint density at radius 1 is 1.53 bits per heavy atom. The van der Waals surface area contributed by atoms with Gasteiger partial charge < -0.3 is 5.32 Å². The first-order valence-corrected chi connectivity index (χ1v) is 8.00. The average molecular weight is 304 g/mol. The summed E-state index contributed by atoms with van der Waals surface area (Å²) in [5.41, 5.74) is 0. The fourth-order valence-corrected chi connectivity index (χ4v) is 3.29. The maximum absolute atomic E-state index is 12.1. The van der Waals surface area contributed by atoms with E-state index in [1.54, 1.807) is 12.1 Å². The molecule has 0 aliphatic carbocycles. The molecule has 0 bridgehead atoms. The number of hydrogen-bond acceptors (Lipinski definition) is 4. The number of nitrogens with one attached hydrogen (secondary N) is 1. The molecule has 19 heavy (non-hydrogen) atoms. The first-order valence-electron chi connectivity index (χ1n) is 5.77. The first-order chi connectivity index (χ1) is 8.88. The van der Waals surface area contributed by atoms with E-state index in [2.05, 4.69) is 10.3 Å². The molecule has 1 aromatic rings. The Kier molecular flexibility index (Phi) is 4.07. The van der Waals surface area contributed by atoms with Gasteiger partial charge in [-0.1, -0.05) is 11.6 Å². The Morgan fingerprint density at radius 3 is 2.84 bits per heavy atom. The summed E-state index contributed by atoms with van der Waals surface area (Å²) >= 11 is 5.70. The summed E-state index contributed by atoms with van der Waals surface area (Å²) in [6.45, 7) is 0.380. The molecule has 1 aliphatic rings. The zero-order valence-corrected chi connectivity index (χ0v) is 11.9. The lowest BCUT2D eigenvalue weighted by Crippen LogP contribution is -2.42. The summed E-state index contributed by atoms with van der Waals surface area (Å²) in [6.07, 6.45) is 3.73. The van der Waals surface area contributed by atoms with E-state index < -0.39 is 16.1 Å². The fraction of sp³-hybridized carbons (Fsp3) is 0.455. The van der Waals surface area contributed by atoms with Gasteiger partial charge in [0, 0.05) is 12.7 Å². The van der Waals surface area contributed by atoms with E-state index >= 15 is 0 Å². The lowest BCUT2D eigenvalue weighted by Gasteiger charge is -2.21. The van der Waals surface area contributed by atoms with Gasteiger partial charge in [-0.2, -0.15) is 4.31 Å². The van der Waals surface area contributed by atoms with Gasteiger partial charge in [0.25, 0.3) is 0 Å². The van der Waals surface area contributed by atoms with Crippen LogP contribution in [0.2, 0.25) is 5.02 Å². The molecule has 1 atom stereocenters. The third-order valence-corrected chi connectivity index (χ3v) is 4.42. The van der Waals surface area contributed by atoms with E-state index in [0.29, 0.717) is 30.2 Å². The van der Waals surface area contributed by atoms with Crippen LogP contribution in [0.4, 0.5) is 5.82 Å². The highest BCUT2D eigenvalue weighted by Crippen LogP contribution is 2.21. The molecule has 8 heteroatoms. The van der Waals surface area contributed by atoms with Crippen LogP contribution < -0.4 is 5.32 Å². The molecule has 1 unspecified atom stereocenters. The highest BCUT2D eigenvalue weighted by atomic mass is 35.5. The standard InChI is InChI=1S/C11H14ClN3O3S/c1-19(17,18)15-6-2-3-9(15)11(16)14-10-5-4-8(12)7-13-10/h4-5,7,9H,2-3,6H2,1H3,(H,13,14,16). The maximum atomic E-state index is 12.1. The minimum Gasteiger partial charge on any atom is -0.309 e. The second-order valence-corrected chi connectivity index (χ2v) is 6.75. The Bertz CT molecular complexity index is 573. The normalized spacial score (nSPS) is 20.4. The van der Waals surface area contributed by atoms with Gasteiger partial charge in [0.05, 0.1) is 11.3 Å². The number of hydrogen-bond donors (Lipinski definition) is 1. The molecule has 1 fully saturated rings. The first kappa shape index (κ1) is 14.2. The molecule has 0 aromatic carbocycles. The van der Waals surface area contributed by atoms with E-state index in [1.807, 2.05) is 0 Å². The fourth-order valence-electron chi connectivity index (χ4n) is 2.06. The van der Waals surface area contributed by atoms with E-state index in [1.165, 1.54) is 10.5 Å². The Balaban J connectivity index is 2.09. The highest BCUT2D eigenvalue weighted by molar-refractivity contribution is 7.88. The number of carbonyl (C=O) groups is 1. The van der Waals surface area contributed by atoms with Gasteiger partial charge in [-0.3, -0.25) is 4.79 Å². The number of nitrogens with zero attached hydrogens (tertiary/aromatic N) is 2. The Hall–Kier alpha value is -1.18. The molecule has 1 amide bonds. The molecule has 1 N–H and O–H groups in total. The van der Waals surface area contributed by atoms with Crippen molar-refractivity contribution in [3.63, 3.8) is 0 Å². The maximum Gasteiger partial charge on any atom is 0.243 e. The molecule has 6 nitrogen and oxygen atoms in total. The quantitative estimate of drug-likeness (QED) is 0.907. The predicted octanol–water partition coefficient (Wildman–Crippen LogP) is 1.10. The van der Waals surface area contributed by atoms with E-state index in [-0.39, 0.29) is 5.91 Å². The summed E-state index contributed by atoms with van der Waals surface area (Å²) < 4.78 is 24.3. The van der Waals surface area contributed by atoms with E-state index in [0.717, 1.165) is 6.26 Å². The predicted molar refractivity (Wildman–Crippen MR) is 72.4 cm³/mol. The van der Waals surface area contributed by atoms with Crippen molar-refractivity contribution >= 4 is 33.3 Å². The molecular weight excluding hydrogens is 290 g/mol. The topological polar surface area (TPSA) is 79.4 Å². The van der Waals surface area contributed by atoms with Gasteiger partial charge in [0.2, 0.25) is 15.9 Å². The Labute approximate surface area is 116 Å². The molecule has 1 saturated heterocycles. The number of carbonyl (C=O) groups excluding carboxylic acids is 1. The van der Waals surface area contributed by atoms with Crippen molar-refractivity contribution in [2.24, 2.45) is 0 Å². The number of aromatic nitrogens is 1. The van der Waals surface area contributed by atoms with Gasteiger partial charge in [-0.15, -0.1) is 0 Å². The van der Waals surface area contributed by atoms with Gasteiger partial charge in [0.1, 0.15) is 11.9 Å². The number of amides is 1. The summed E-state index contributed by atoms with van der Waals surface area (Å²) in [5, 5.41) is 3.07. The third kappa shape index (κ3) is 3.43. The monoisotopic (exact) mass is 303 g/mol. The van der Waals surface area contributed by atoms with Crippen LogP contribution in [-0.2, 0) is 14.8 Å². The van der Waals surface area contributed by atoms with Crippen LogP contribution >= 0.6 is 11.6 Å². The van der Waals surface area contributed by atoms with Gasteiger partial charge >= 0.3 is 0 Å². The zero-order chi connectivity index (χ0) is 14.0. The minimum absolute atomic E-state index is 0.356. The van der Waals surface area contributed by atoms with Crippen LogP contribution in [0.5, 0.6) is 0 Å². The highest BCUT2D eigenvalue weighted by Gasteiger charge is 2.36. The summed E-state index contributed by atoms with van der Waals surface area (Å²) in [5.74, 6) is -0.00695. The van der Waals surface area contributed by atoms with Crippen LogP contribution in [0.1, 0.15) is 12.8 Å². The second-order valence-electron chi connectivity index (χ2n) is 4.38. The van der Waals surface area contributed by atoms with Crippen molar-refractivity contribution in [3.05, 3.63) is 23.4 Å². The molecule has 1 aliphatic heterocycles. The largest absolute Gasteiger partial charge is 0.309 e. The van der Waals surface area contributed by atoms with Gasteiger partial charge in [-0.05, 0) is 25.0 Å². The third-order valence-electron chi connectivity index (χ3n) is 2.91. The van der Waals surface area contributed by atoms with Gasteiger partial charge in [0.15, 0.2) is 0 Å². The second kappa shape index (κ2) is 5.44. The van der Waals surface area contributed by atoms with Crippen LogP contribution in [0.3, 0.4) is 0 Å². The molecular formula is C11H14ClN3O3S.